The van der Waals surface area contributed by atoms with E-state index in [-0.39, 0.29) is 5.54 Å². The molecule has 1 saturated carbocycles. The van der Waals surface area contributed by atoms with Gasteiger partial charge in [0.25, 0.3) is 0 Å². The highest BCUT2D eigenvalue weighted by Crippen LogP contribution is 2.50. The fraction of sp³-hybridized carbons (Fsp3) is 0.231. The molecule has 2 heterocycles. The number of rotatable bonds is 1. The van der Waals surface area contributed by atoms with E-state index in [4.69, 9.17) is 14.6 Å². The summed E-state index contributed by atoms with van der Waals surface area (Å²) >= 11 is 3.57. The van der Waals surface area contributed by atoms with Crippen LogP contribution in [0.4, 0.5) is 0 Å². The molecule has 0 spiro atoms. The van der Waals surface area contributed by atoms with Crippen molar-refractivity contribution in [2.24, 2.45) is 5.73 Å². The number of hydrogen-bond acceptors (Lipinski definition) is 3. The second kappa shape index (κ2) is 2.94. The predicted molar refractivity (Wildman–Crippen MR) is 68.8 cm³/mol. The normalized spacial score (nSPS) is 18.0. The molecule has 2 aromatic heterocycles. The quantitative estimate of drug-likeness (QED) is 0.740. The number of fused-ring (bicyclic) bond motifs is 2. The molecule has 0 radical (unpaired) electrons. The van der Waals surface area contributed by atoms with Gasteiger partial charge in [0.15, 0.2) is 0 Å². The Morgan fingerprint density at radius 3 is 2.41 bits per heavy atom. The molecule has 0 saturated heterocycles. The molecule has 86 valence electrons. The first kappa shape index (κ1) is 9.74. The molecule has 2 N–H and O–H groups in total. The van der Waals surface area contributed by atoms with E-state index in [1.807, 2.05) is 12.1 Å². The summed E-state index contributed by atoms with van der Waals surface area (Å²) in [7, 11) is 0. The zero-order valence-electron chi connectivity index (χ0n) is 9.00. The topological polar surface area (TPSA) is 52.3 Å². The zero-order valence-corrected chi connectivity index (χ0v) is 10.6. The molecule has 0 aliphatic heterocycles. The van der Waals surface area contributed by atoms with Gasteiger partial charge in [-0.3, -0.25) is 0 Å². The van der Waals surface area contributed by atoms with Crippen molar-refractivity contribution in [3.63, 3.8) is 0 Å². The van der Waals surface area contributed by atoms with E-state index in [0.29, 0.717) is 0 Å². The van der Waals surface area contributed by atoms with Crippen LogP contribution in [-0.4, -0.2) is 0 Å². The van der Waals surface area contributed by atoms with Crippen LogP contribution in [0.5, 0.6) is 0 Å². The van der Waals surface area contributed by atoms with Gasteiger partial charge in [0.05, 0.1) is 17.0 Å². The summed E-state index contributed by atoms with van der Waals surface area (Å²) in [5, 5.41) is 2.08. The van der Waals surface area contributed by atoms with Gasteiger partial charge in [-0.1, -0.05) is 0 Å². The van der Waals surface area contributed by atoms with Gasteiger partial charge < -0.3 is 14.6 Å². The van der Waals surface area contributed by atoms with E-state index in [9.17, 15) is 0 Å². The van der Waals surface area contributed by atoms with E-state index in [0.717, 1.165) is 44.8 Å². The average molecular weight is 292 g/mol. The maximum absolute atomic E-state index is 6.35. The van der Waals surface area contributed by atoms with Crippen molar-refractivity contribution >= 4 is 37.9 Å². The maximum atomic E-state index is 6.35. The van der Waals surface area contributed by atoms with Crippen molar-refractivity contribution in [3.05, 3.63) is 34.7 Å². The summed E-state index contributed by atoms with van der Waals surface area (Å²) in [4.78, 5) is 0. The third-order valence-electron chi connectivity index (χ3n) is 3.55. The van der Waals surface area contributed by atoms with Gasteiger partial charge in [-0.2, -0.15) is 0 Å². The van der Waals surface area contributed by atoms with Crippen molar-refractivity contribution in [2.75, 3.05) is 0 Å². The summed E-state index contributed by atoms with van der Waals surface area (Å²) in [6.45, 7) is 0. The van der Waals surface area contributed by atoms with Crippen LogP contribution in [0.1, 0.15) is 18.4 Å². The monoisotopic (exact) mass is 291 g/mol. The fourth-order valence-electron chi connectivity index (χ4n) is 2.48. The second-order valence-corrected chi connectivity index (χ2v) is 5.46. The lowest BCUT2D eigenvalue weighted by Crippen LogP contribution is -2.19. The van der Waals surface area contributed by atoms with Crippen molar-refractivity contribution in [2.45, 2.75) is 18.4 Å². The molecule has 17 heavy (non-hydrogen) atoms. The molecular formula is C13H10BrNO2. The van der Waals surface area contributed by atoms with Gasteiger partial charge in [-0.05, 0) is 40.9 Å². The third-order valence-corrected chi connectivity index (χ3v) is 4.34. The van der Waals surface area contributed by atoms with Gasteiger partial charge in [0.2, 0.25) is 0 Å². The Morgan fingerprint density at radius 2 is 1.71 bits per heavy atom. The minimum absolute atomic E-state index is 0.237. The summed E-state index contributed by atoms with van der Waals surface area (Å²) in [6, 6.07) is 3.90. The van der Waals surface area contributed by atoms with Crippen LogP contribution < -0.4 is 5.73 Å². The lowest BCUT2D eigenvalue weighted by atomic mass is 9.99. The SMILES string of the molecule is NC1(c2c3ccoc3c(Br)c3ccoc23)CC1. The molecule has 3 nitrogen and oxygen atoms in total. The third kappa shape index (κ3) is 1.14. The summed E-state index contributed by atoms with van der Waals surface area (Å²) in [5.74, 6) is 0. The molecule has 0 bridgehead atoms. The van der Waals surface area contributed by atoms with Gasteiger partial charge >= 0.3 is 0 Å². The first-order valence-electron chi connectivity index (χ1n) is 5.56. The first-order chi connectivity index (χ1) is 8.21. The second-order valence-electron chi connectivity index (χ2n) is 4.67. The molecule has 4 heteroatoms. The lowest BCUT2D eigenvalue weighted by Gasteiger charge is -2.12. The minimum atomic E-state index is -0.237. The van der Waals surface area contributed by atoms with E-state index in [1.165, 1.54) is 0 Å². The van der Waals surface area contributed by atoms with Gasteiger partial charge in [0, 0.05) is 21.9 Å². The number of hydrogen-bond donors (Lipinski definition) is 1. The molecular weight excluding hydrogens is 282 g/mol. The van der Waals surface area contributed by atoms with Crippen LogP contribution in [0.25, 0.3) is 21.9 Å². The van der Waals surface area contributed by atoms with Crippen molar-refractivity contribution in [1.82, 2.24) is 0 Å². The van der Waals surface area contributed by atoms with Gasteiger partial charge in [-0.25, -0.2) is 0 Å². The molecule has 0 unspecified atom stereocenters. The molecule has 0 atom stereocenters. The molecule has 4 rings (SSSR count). The van der Waals surface area contributed by atoms with E-state index >= 15 is 0 Å². The Kier molecular flexibility index (Phi) is 1.69. The number of halogens is 1. The van der Waals surface area contributed by atoms with Crippen LogP contribution >= 0.6 is 15.9 Å². The van der Waals surface area contributed by atoms with Crippen LogP contribution in [0.15, 0.2) is 38.0 Å². The maximum Gasteiger partial charge on any atom is 0.149 e. The van der Waals surface area contributed by atoms with Gasteiger partial charge in [-0.15, -0.1) is 0 Å². The number of benzene rings is 1. The highest BCUT2D eigenvalue weighted by atomic mass is 79.9. The highest BCUT2D eigenvalue weighted by molar-refractivity contribution is 9.10. The standard InChI is InChI=1S/C13H10BrNO2/c14-10-8-2-6-16-11(8)9(13(15)3-4-13)7-1-5-17-12(7)10/h1-2,5-6H,3-4,15H2. The zero-order chi connectivity index (χ0) is 11.6. The van der Waals surface area contributed by atoms with Crippen LogP contribution in [0.2, 0.25) is 0 Å². The lowest BCUT2D eigenvalue weighted by molar-refractivity contribution is 0.598. The first-order valence-corrected chi connectivity index (χ1v) is 6.35. The molecule has 1 fully saturated rings. The number of furan rings is 2. The fourth-order valence-corrected chi connectivity index (χ4v) is 3.09. The predicted octanol–water partition coefficient (Wildman–Crippen LogP) is 3.89. The molecule has 1 aliphatic rings. The summed E-state index contributed by atoms with van der Waals surface area (Å²) in [6.07, 6.45) is 5.41. The van der Waals surface area contributed by atoms with Crippen LogP contribution in [-0.2, 0) is 5.54 Å². The number of nitrogens with two attached hydrogens (primary N) is 1. The highest BCUT2D eigenvalue weighted by Gasteiger charge is 2.44. The van der Waals surface area contributed by atoms with E-state index in [1.54, 1.807) is 12.5 Å². The van der Waals surface area contributed by atoms with E-state index < -0.39 is 0 Å². The van der Waals surface area contributed by atoms with Crippen molar-refractivity contribution in [1.29, 1.82) is 0 Å². The van der Waals surface area contributed by atoms with Crippen LogP contribution in [0.3, 0.4) is 0 Å². The Hall–Kier alpha value is -1.26. The Bertz CT molecular complexity index is 685. The average Bonchev–Trinajstić information content (AvgIpc) is 2.79. The Labute approximate surface area is 106 Å². The molecule has 3 aromatic rings. The van der Waals surface area contributed by atoms with Crippen molar-refractivity contribution < 1.29 is 8.83 Å². The largest absolute Gasteiger partial charge is 0.464 e. The van der Waals surface area contributed by atoms with E-state index in [2.05, 4.69) is 15.9 Å². The molecule has 1 aromatic carbocycles. The van der Waals surface area contributed by atoms with Crippen molar-refractivity contribution in [3.8, 4) is 0 Å². The van der Waals surface area contributed by atoms with Crippen LogP contribution in [0, 0.1) is 0 Å². The smallest absolute Gasteiger partial charge is 0.149 e. The Balaban J connectivity index is 2.29. The van der Waals surface area contributed by atoms with Gasteiger partial charge in [0.1, 0.15) is 11.2 Å². The minimum Gasteiger partial charge on any atom is -0.464 e. The Morgan fingerprint density at radius 1 is 1.06 bits per heavy atom. The summed E-state index contributed by atoms with van der Waals surface area (Å²) in [5.41, 5.74) is 8.93. The summed E-state index contributed by atoms with van der Waals surface area (Å²) < 4.78 is 12.1. The molecule has 0 amide bonds. The molecule has 1 aliphatic carbocycles.